The Bertz CT molecular complexity index is 596. The summed E-state index contributed by atoms with van der Waals surface area (Å²) in [4.78, 5) is 10.7. The number of aliphatic carboxylic acids is 1. The molecular formula is C12H19N3O4S. The van der Waals surface area contributed by atoms with Crippen LogP contribution in [0.15, 0.2) is 17.3 Å². The van der Waals surface area contributed by atoms with Crippen LogP contribution in [0.4, 0.5) is 0 Å². The van der Waals surface area contributed by atoms with E-state index in [0.717, 1.165) is 23.9 Å². The number of nitrogens with zero attached hydrogens (tertiary/aromatic N) is 3. The molecule has 0 radical (unpaired) electrons. The maximum Gasteiger partial charge on any atom is 0.325 e. The highest BCUT2D eigenvalue weighted by Gasteiger charge is 2.39. The van der Waals surface area contributed by atoms with Crippen LogP contribution >= 0.6 is 0 Å². The fraction of sp³-hybridized carbons (Fsp3) is 0.667. The summed E-state index contributed by atoms with van der Waals surface area (Å²) < 4.78 is 27.9. The summed E-state index contributed by atoms with van der Waals surface area (Å²) in [5, 5.41) is 12.5. The maximum absolute atomic E-state index is 12.6. The van der Waals surface area contributed by atoms with Crippen LogP contribution < -0.4 is 0 Å². The average Bonchev–Trinajstić information content (AvgIpc) is 2.95. The molecule has 1 aromatic heterocycles. The first-order valence-corrected chi connectivity index (χ1v) is 8.08. The minimum Gasteiger partial charge on any atom is -0.480 e. The van der Waals surface area contributed by atoms with E-state index in [9.17, 15) is 13.2 Å². The molecule has 7 nitrogen and oxygen atoms in total. The molecule has 2 atom stereocenters. The Morgan fingerprint density at radius 1 is 1.50 bits per heavy atom. The molecular weight excluding hydrogens is 282 g/mol. The molecule has 1 aromatic rings. The Kier molecular flexibility index (Phi) is 4.14. The van der Waals surface area contributed by atoms with Crippen LogP contribution in [0, 0.1) is 0 Å². The van der Waals surface area contributed by atoms with Crippen LogP contribution in [0.1, 0.15) is 33.1 Å². The molecule has 1 aliphatic rings. The van der Waals surface area contributed by atoms with Gasteiger partial charge in [-0.3, -0.25) is 9.48 Å². The summed E-state index contributed by atoms with van der Waals surface area (Å²) >= 11 is 0. The molecule has 1 N–H and O–H groups in total. The summed E-state index contributed by atoms with van der Waals surface area (Å²) in [6.07, 6.45) is 4.98. The highest BCUT2D eigenvalue weighted by Crippen LogP contribution is 2.32. The molecule has 0 spiro atoms. The Morgan fingerprint density at radius 2 is 2.20 bits per heavy atom. The SMILES string of the molecule is CCC1CCC(C)N1S(=O)(=O)c1cnn(CC(=O)O)c1. The number of aromatic nitrogens is 2. The number of carbonyl (C=O) groups is 1. The van der Waals surface area contributed by atoms with E-state index in [4.69, 9.17) is 5.11 Å². The number of rotatable bonds is 5. The zero-order valence-electron chi connectivity index (χ0n) is 11.6. The number of carboxylic acid groups (broad SMARTS) is 1. The Balaban J connectivity index is 2.30. The van der Waals surface area contributed by atoms with E-state index >= 15 is 0 Å². The number of hydrogen-bond donors (Lipinski definition) is 1. The minimum atomic E-state index is -3.61. The molecule has 0 amide bonds. The van der Waals surface area contributed by atoms with E-state index in [2.05, 4.69) is 5.10 Å². The van der Waals surface area contributed by atoms with Gasteiger partial charge in [-0.15, -0.1) is 0 Å². The first-order chi connectivity index (χ1) is 9.36. The number of sulfonamides is 1. The zero-order chi connectivity index (χ0) is 14.9. The summed E-state index contributed by atoms with van der Waals surface area (Å²) in [5.74, 6) is -1.06. The smallest absolute Gasteiger partial charge is 0.325 e. The number of carboxylic acids is 1. The Morgan fingerprint density at radius 3 is 2.80 bits per heavy atom. The fourth-order valence-electron chi connectivity index (χ4n) is 2.69. The van der Waals surface area contributed by atoms with Crippen molar-refractivity contribution >= 4 is 16.0 Å². The second kappa shape index (κ2) is 5.53. The van der Waals surface area contributed by atoms with Gasteiger partial charge in [-0.25, -0.2) is 8.42 Å². The van der Waals surface area contributed by atoms with E-state index in [1.165, 1.54) is 16.7 Å². The molecule has 8 heteroatoms. The maximum atomic E-state index is 12.6. The lowest BCUT2D eigenvalue weighted by Gasteiger charge is -2.26. The predicted molar refractivity (Wildman–Crippen MR) is 71.7 cm³/mol. The summed E-state index contributed by atoms with van der Waals surface area (Å²) in [5.41, 5.74) is 0. The fourth-order valence-corrected chi connectivity index (χ4v) is 4.59. The molecule has 0 aromatic carbocycles. The first kappa shape index (κ1) is 15.0. The number of hydrogen-bond acceptors (Lipinski definition) is 4. The van der Waals surface area contributed by atoms with Crippen LogP contribution in [-0.4, -0.2) is 45.7 Å². The van der Waals surface area contributed by atoms with Crippen molar-refractivity contribution in [3.63, 3.8) is 0 Å². The van der Waals surface area contributed by atoms with Crippen molar-refractivity contribution in [1.82, 2.24) is 14.1 Å². The lowest BCUT2D eigenvalue weighted by atomic mass is 10.2. The van der Waals surface area contributed by atoms with Gasteiger partial charge in [-0.1, -0.05) is 6.92 Å². The van der Waals surface area contributed by atoms with Crippen LogP contribution in [0.3, 0.4) is 0 Å². The first-order valence-electron chi connectivity index (χ1n) is 6.64. The lowest BCUT2D eigenvalue weighted by molar-refractivity contribution is -0.137. The van der Waals surface area contributed by atoms with E-state index in [-0.39, 0.29) is 23.5 Å². The van der Waals surface area contributed by atoms with E-state index < -0.39 is 16.0 Å². The molecule has 1 aliphatic heterocycles. The molecule has 0 aliphatic carbocycles. The van der Waals surface area contributed by atoms with Crippen molar-refractivity contribution < 1.29 is 18.3 Å². The van der Waals surface area contributed by atoms with E-state index in [1.807, 2.05) is 13.8 Å². The third kappa shape index (κ3) is 2.71. The van der Waals surface area contributed by atoms with Crippen molar-refractivity contribution in [2.24, 2.45) is 0 Å². The molecule has 20 heavy (non-hydrogen) atoms. The van der Waals surface area contributed by atoms with Gasteiger partial charge in [0.05, 0.1) is 6.20 Å². The van der Waals surface area contributed by atoms with Gasteiger partial charge in [0.1, 0.15) is 11.4 Å². The monoisotopic (exact) mass is 301 g/mol. The molecule has 112 valence electrons. The largest absolute Gasteiger partial charge is 0.480 e. The van der Waals surface area contributed by atoms with Gasteiger partial charge in [-0.05, 0) is 26.2 Å². The molecule has 1 saturated heterocycles. The van der Waals surface area contributed by atoms with Crippen LogP contribution in [-0.2, 0) is 21.4 Å². The topological polar surface area (TPSA) is 92.5 Å². The van der Waals surface area contributed by atoms with Crippen LogP contribution in [0.5, 0.6) is 0 Å². The van der Waals surface area contributed by atoms with Crippen molar-refractivity contribution in [2.45, 2.75) is 56.6 Å². The highest BCUT2D eigenvalue weighted by atomic mass is 32.2. The standard InChI is InChI=1S/C12H19N3O4S/c1-3-10-5-4-9(2)15(10)20(18,19)11-6-13-14(7-11)8-12(16)17/h6-7,9-10H,3-5,8H2,1-2H3,(H,16,17). The van der Waals surface area contributed by atoms with Crippen LogP contribution in [0.25, 0.3) is 0 Å². The second-order valence-electron chi connectivity index (χ2n) is 5.09. The molecule has 2 heterocycles. The van der Waals surface area contributed by atoms with Gasteiger partial charge >= 0.3 is 5.97 Å². The van der Waals surface area contributed by atoms with Crippen LogP contribution in [0.2, 0.25) is 0 Å². The van der Waals surface area contributed by atoms with Crippen molar-refractivity contribution in [3.8, 4) is 0 Å². The van der Waals surface area contributed by atoms with Gasteiger partial charge in [0, 0.05) is 18.3 Å². The minimum absolute atomic E-state index is 0.0119. The highest BCUT2D eigenvalue weighted by molar-refractivity contribution is 7.89. The quantitative estimate of drug-likeness (QED) is 0.873. The second-order valence-corrected chi connectivity index (χ2v) is 6.93. The summed E-state index contributed by atoms with van der Waals surface area (Å²) in [6, 6.07) is -0.0226. The van der Waals surface area contributed by atoms with Crippen molar-refractivity contribution in [1.29, 1.82) is 0 Å². The Hall–Kier alpha value is -1.41. The third-order valence-electron chi connectivity index (χ3n) is 3.67. The normalized spacial score (nSPS) is 24.1. The van der Waals surface area contributed by atoms with Gasteiger partial charge in [0.25, 0.3) is 0 Å². The van der Waals surface area contributed by atoms with Gasteiger partial charge < -0.3 is 5.11 Å². The van der Waals surface area contributed by atoms with E-state index in [0.29, 0.717) is 0 Å². The average molecular weight is 301 g/mol. The zero-order valence-corrected chi connectivity index (χ0v) is 12.4. The summed E-state index contributed by atoms with van der Waals surface area (Å²) in [7, 11) is -3.61. The third-order valence-corrected chi connectivity index (χ3v) is 5.69. The van der Waals surface area contributed by atoms with Crippen molar-refractivity contribution in [2.75, 3.05) is 0 Å². The molecule has 0 saturated carbocycles. The van der Waals surface area contributed by atoms with Gasteiger partial charge in [0.15, 0.2) is 0 Å². The molecule has 2 unspecified atom stereocenters. The predicted octanol–water partition coefficient (Wildman–Crippen LogP) is 0.919. The molecule has 2 rings (SSSR count). The van der Waals surface area contributed by atoms with Crippen molar-refractivity contribution in [3.05, 3.63) is 12.4 Å². The molecule has 0 bridgehead atoms. The summed E-state index contributed by atoms with van der Waals surface area (Å²) in [6.45, 7) is 3.52. The van der Waals surface area contributed by atoms with Gasteiger partial charge in [-0.2, -0.15) is 9.40 Å². The lowest BCUT2D eigenvalue weighted by Crippen LogP contribution is -2.39. The van der Waals surface area contributed by atoms with E-state index in [1.54, 1.807) is 0 Å². The van der Waals surface area contributed by atoms with Gasteiger partial charge in [0.2, 0.25) is 10.0 Å². The molecule has 1 fully saturated rings. The Labute approximate surface area is 118 Å².